The molecule has 2 heterocycles. The quantitative estimate of drug-likeness (QED) is 0.0797. The van der Waals surface area contributed by atoms with E-state index in [2.05, 4.69) is 4.98 Å². The van der Waals surface area contributed by atoms with Gasteiger partial charge in [-0.3, -0.25) is 4.57 Å². The van der Waals surface area contributed by atoms with Gasteiger partial charge in [-0.2, -0.15) is 0 Å². The molecular weight excluding hydrogens is 576 g/mol. The van der Waals surface area contributed by atoms with Crippen molar-refractivity contribution in [1.82, 2.24) is 9.55 Å². The Kier molecular flexibility index (Phi) is 9.42. The number of esters is 3. The summed E-state index contributed by atoms with van der Waals surface area (Å²) in [4.78, 5) is 43.7. The highest BCUT2D eigenvalue weighted by Crippen LogP contribution is 2.36. The Balaban J connectivity index is 1.50. The van der Waals surface area contributed by atoms with Gasteiger partial charge < -0.3 is 18.9 Å². The SMILES string of the molecule is CSc1ccn([C@@H]2O[C@H](COC(=O)c3ccccc3)[C@@H](OC(=O)c3ccccc3)[C@H]2OC(=O)c2ccccc2)c(=S)n1. The maximum Gasteiger partial charge on any atom is 0.338 e. The number of thioether (sulfide) groups is 1. The van der Waals surface area contributed by atoms with E-state index in [0.29, 0.717) is 16.2 Å². The van der Waals surface area contributed by atoms with Crippen LogP contribution in [0.2, 0.25) is 0 Å². The van der Waals surface area contributed by atoms with Crippen LogP contribution in [0.5, 0.6) is 0 Å². The second-order valence-corrected chi connectivity index (χ2v) is 10.4. The molecule has 0 radical (unpaired) electrons. The largest absolute Gasteiger partial charge is 0.459 e. The molecule has 1 saturated heterocycles. The van der Waals surface area contributed by atoms with Crippen molar-refractivity contribution in [2.75, 3.05) is 12.9 Å². The van der Waals surface area contributed by atoms with Gasteiger partial charge >= 0.3 is 17.9 Å². The van der Waals surface area contributed by atoms with Crippen molar-refractivity contribution >= 4 is 41.9 Å². The number of carbonyl (C=O) groups excluding carboxylic acids is 3. The third-order valence-electron chi connectivity index (χ3n) is 6.47. The summed E-state index contributed by atoms with van der Waals surface area (Å²) in [5, 5.41) is 0.687. The molecule has 4 aromatic rings. The van der Waals surface area contributed by atoms with Crippen LogP contribution in [0, 0.1) is 4.77 Å². The Morgan fingerprint density at radius 2 is 1.29 bits per heavy atom. The average Bonchev–Trinajstić information content (AvgIpc) is 3.36. The number of aromatic nitrogens is 2. The van der Waals surface area contributed by atoms with E-state index < -0.39 is 42.4 Å². The van der Waals surface area contributed by atoms with Crippen molar-refractivity contribution in [2.45, 2.75) is 29.6 Å². The number of ether oxygens (including phenoxy) is 4. The summed E-state index contributed by atoms with van der Waals surface area (Å²) in [6.07, 6.45) is -0.841. The number of nitrogens with zero attached hydrogens (tertiary/aromatic N) is 2. The zero-order chi connectivity index (χ0) is 29.5. The van der Waals surface area contributed by atoms with Crippen molar-refractivity contribution in [1.29, 1.82) is 0 Å². The molecule has 42 heavy (non-hydrogen) atoms. The van der Waals surface area contributed by atoms with Crippen LogP contribution in [0.25, 0.3) is 0 Å². The van der Waals surface area contributed by atoms with E-state index in [9.17, 15) is 14.4 Å². The number of hydrogen-bond acceptors (Lipinski definition) is 10. The molecular formula is C31H26N2O7S2. The molecule has 1 aliphatic heterocycles. The monoisotopic (exact) mass is 602 g/mol. The van der Waals surface area contributed by atoms with Crippen molar-refractivity contribution in [3.63, 3.8) is 0 Å². The van der Waals surface area contributed by atoms with E-state index in [4.69, 9.17) is 31.2 Å². The fourth-order valence-electron chi connectivity index (χ4n) is 4.39. The van der Waals surface area contributed by atoms with Crippen molar-refractivity contribution in [3.05, 3.63) is 125 Å². The van der Waals surface area contributed by atoms with E-state index in [1.165, 1.54) is 16.3 Å². The minimum Gasteiger partial charge on any atom is -0.459 e. The molecule has 5 rings (SSSR count). The molecule has 11 heteroatoms. The smallest absolute Gasteiger partial charge is 0.338 e. The number of benzene rings is 3. The van der Waals surface area contributed by atoms with Gasteiger partial charge in [-0.25, -0.2) is 19.4 Å². The minimum atomic E-state index is -1.17. The summed E-state index contributed by atoms with van der Waals surface area (Å²) < 4.78 is 25.5. The van der Waals surface area contributed by atoms with Gasteiger partial charge in [0.05, 0.1) is 16.7 Å². The van der Waals surface area contributed by atoms with Crippen LogP contribution in [0.4, 0.5) is 0 Å². The first kappa shape index (κ1) is 29.2. The minimum absolute atomic E-state index is 0.169. The lowest BCUT2D eigenvalue weighted by molar-refractivity contribution is -0.0633. The normalized spacial score (nSPS) is 19.5. The predicted octanol–water partition coefficient (Wildman–Crippen LogP) is 5.54. The van der Waals surface area contributed by atoms with Gasteiger partial charge in [0.1, 0.15) is 17.7 Å². The van der Waals surface area contributed by atoms with Gasteiger partial charge in [0.15, 0.2) is 18.4 Å². The highest BCUT2D eigenvalue weighted by Gasteiger charge is 2.51. The fourth-order valence-corrected chi connectivity index (χ4v) is 5.08. The molecule has 1 aliphatic rings. The van der Waals surface area contributed by atoms with E-state index in [0.717, 1.165) is 0 Å². The Hall–Kier alpha value is -4.32. The summed E-state index contributed by atoms with van der Waals surface area (Å²) in [5.41, 5.74) is 0.926. The summed E-state index contributed by atoms with van der Waals surface area (Å²) in [7, 11) is 0. The van der Waals surface area contributed by atoms with E-state index in [1.807, 2.05) is 6.26 Å². The predicted molar refractivity (Wildman–Crippen MR) is 157 cm³/mol. The lowest BCUT2D eigenvalue weighted by Crippen LogP contribution is -2.41. The van der Waals surface area contributed by atoms with Crippen LogP contribution in [-0.4, -0.2) is 58.6 Å². The fraction of sp³-hybridized carbons (Fsp3) is 0.194. The Labute approximate surface area is 251 Å². The van der Waals surface area contributed by atoms with Gasteiger partial charge in [-0.15, -0.1) is 11.8 Å². The first-order valence-corrected chi connectivity index (χ1v) is 14.6. The standard InChI is InChI=1S/C31H26N2O7S2/c1-42-24-17-18-33(31(41)32-24)27-26(40-30(36)22-15-9-4-10-16-22)25(39-29(35)21-13-7-3-8-14-21)23(38-27)19-37-28(34)20-11-5-2-6-12-20/h2-18,23,25-27H,19H2,1H3/t23-,25-,26-,27-/m1/s1. The number of rotatable bonds is 9. The Morgan fingerprint density at radius 1 is 0.786 bits per heavy atom. The maximum absolute atomic E-state index is 13.3. The third-order valence-corrected chi connectivity index (χ3v) is 7.41. The molecule has 9 nitrogen and oxygen atoms in total. The second kappa shape index (κ2) is 13.6. The van der Waals surface area contributed by atoms with Gasteiger partial charge in [0, 0.05) is 6.20 Å². The van der Waals surface area contributed by atoms with E-state index in [-0.39, 0.29) is 16.9 Å². The summed E-state index contributed by atoms with van der Waals surface area (Å²) in [6.45, 7) is -0.292. The molecule has 0 unspecified atom stereocenters. The third kappa shape index (κ3) is 6.76. The maximum atomic E-state index is 13.3. The highest BCUT2D eigenvalue weighted by atomic mass is 32.2. The zero-order valence-corrected chi connectivity index (χ0v) is 24.0. The van der Waals surface area contributed by atoms with E-state index in [1.54, 1.807) is 103 Å². The van der Waals surface area contributed by atoms with Gasteiger partial charge in [-0.05, 0) is 60.9 Å². The van der Waals surface area contributed by atoms with Crippen LogP contribution in [0.1, 0.15) is 37.3 Å². The molecule has 0 saturated carbocycles. The summed E-state index contributed by atoms with van der Waals surface area (Å²) >= 11 is 6.95. The topological polar surface area (TPSA) is 106 Å². The first-order valence-electron chi connectivity index (χ1n) is 13.0. The van der Waals surface area contributed by atoms with Gasteiger partial charge in [-0.1, -0.05) is 54.6 Å². The number of hydrogen-bond donors (Lipinski definition) is 0. The molecule has 1 fully saturated rings. The molecule has 0 N–H and O–H groups in total. The summed E-state index contributed by atoms with van der Waals surface area (Å²) in [6, 6.07) is 27.0. The molecule has 214 valence electrons. The molecule has 1 aromatic heterocycles. The van der Waals surface area contributed by atoms with Gasteiger partial charge in [0.2, 0.25) is 4.77 Å². The Bertz CT molecular complexity index is 1600. The van der Waals surface area contributed by atoms with Crippen LogP contribution in [0.3, 0.4) is 0 Å². The summed E-state index contributed by atoms with van der Waals surface area (Å²) in [5.74, 6) is -1.90. The highest BCUT2D eigenvalue weighted by molar-refractivity contribution is 7.98. The lowest BCUT2D eigenvalue weighted by Gasteiger charge is -2.25. The van der Waals surface area contributed by atoms with Crippen LogP contribution in [0.15, 0.2) is 108 Å². The Morgan fingerprint density at radius 3 is 1.79 bits per heavy atom. The van der Waals surface area contributed by atoms with Crippen molar-refractivity contribution < 1.29 is 33.3 Å². The zero-order valence-electron chi connectivity index (χ0n) is 22.4. The van der Waals surface area contributed by atoms with Gasteiger partial charge in [0.25, 0.3) is 0 Å². The lowest BCUT2D eigenvalue weighted by atomic mass is 10.1. The molecule has 0 amide bonds. The molecule has 0 bridgehead atoms. The van der Waals surface area contributed by atoms with Crippen LogP contribution in [-0.2, 0) is 18.9 Å². The second-order valence-electron chi connectivity index (χ2n) is 9.16. The molecule has 0 aliphatic carbocycles. The molecule has 0 spiro atoms. The van der Waals surface area contributed by atoms with Crippen LogP contribution < -0.4 is 0 Å². The molecule has 3 aromatic carbocycles. The molecule has 4 atom stereocenters. The number of carbonyl (C=O) groups is 3. The van der Waals surface area contributed by atoms with E-state index >= 15 is 0 Å². The van der Waals surface area contributed by atoms with Crippen molar-refractivity contribution in [2.24, 2.45) is 0 Å². The van der Waals surface area contributed by atoms with Crippen molar-refractivity contribution in [3.8, 4) is 0 Å². The first-order chi connectivity index (χ1) is 20.4. The average molecular weight is 603 g/mol. The van der Waals surface area contributed by atoms with Crippen LogP contribution >= 0.6 is 24.0 Å².